The van der Waals surface area contributed by atoms with Crippen molar-refractivity contribution in [1.82, 2.24) is 10.2 Å². The topological polar surface area (TPSA) is 49.9 Å². The van der Waals surface area contributed by atoms with Crippen LogP contribution in [0.4, 0.5) is 5.82 Å². The molecule has 0 aliphatic carbocycles. The molecular weight excluding hydrogens is 270 g/mol. The Balaban J connectivity index is 2.49. The van der Waals surface area contributed by atoms with Gasteiger partial charge in [-0.2, -0.15) is 5.10 Å². The van der Waals surface area contributed by atoms with Crippen LogP contribution >= 0.6 is 15.9 Å². The number of H-pyrrole nitrogens is 1. The number of nitrogens with zero attached hydrogens (tertiary/aromatic N) is 1. The highest BCUT2D eigenvalue weighted by atomic mass is 79.9. The second kappa shape index (κ2) is 4.57. The Hall–Kier alpha value is -1.49. The van der Waals surface area contributed by atoms with Gasteiger partial charge in [0.05, 0.1) is 12.8 Å². The molecule has 0 radical (unpaired) electrons. The van der Waals surface area contributed by atoms with E-state index in [1.54, 1.807) is 7.11 Å². The van der Waals surface area contributed by atoms with Crippen molar-refractivity contribution in [3.63, 3.8) is 0 Å². The fourth-order valence-corrected chi connectivity index (χ4v) is 1.84. The number of ether oxygens (including phenoxy) is 1. The highest BCUT2D eigenvalue weighted by Crippen LogP contribution is 2.32. The standard InChI is InChI=1S/C11H12BrN3O/c1-13-11-6-9(14-15-11)8-5-7(12)3-4-10(8)16-2/h3-6H,1-2H3,(H2,13,14,15). The van der Waals surface area contributed by atoms with E-state index in [1.165, 1.54) is 0 Å². The molecule has 0 bridgehead atoms. The summed E-state index contributed by atoms with van der Waals surface area (Å²) >= 11 is 3.44. The van der Waals surface area contributed by atoms with Crippen molar-refractivity contribution in [2.24, 2.45) is 0 Å². The quantitative estimate of drug-likeness (QED) is 0.910. The predicted octanol–water partition coefficient (Wildman–Crippen LogP) is 2.89. The number of aromatic amines is 1. The van der Waals surface area contributed by atoms with Crippen molar-refractivity contribution in [1.29, 1.82) is 0 Å². The minimum absolute atomic E-state index is 0.803. The van der Waals surface area contributed by atoms with Crippen LogP contribution < -0.4 is 10.1 Å². The van der Waals surface area contributed by atoms with Gasteiger partial charge in [0.15, 0.2) is 0 Å². The molecule has 0 unspecified atom stereocenters. The number of hydrogen-bond donors (Lipinski definition) is 2. The van der Waals surface area contributed by atoms with E-state index < -0.39 is 0 Å². The molecule has 1 aromatic carbocycles. The predicted molar refractivity (Wildman–Crippen MR) is 67.8 cm³/mol. The fraction of sp³-hybridized carbons (Fsp3) is 0.182. The van der Waals surface area contributed by atoms with Crippen LogP contribution in [-0.2, 0) is 0 Å². The van der Waals surface area contributed by atoms with Crippen LogP contribution in [0.1, 0.15) is 0 Å². The normalized spacial score (nSPS) is 10.2. The van der Waals surface area contributed by atoms with E-state index in [4.69, 9.17) is 4.74 Å². The van der Waals surface area contributed by atoms with Crippen LogP contribution in [0.25, 0.3) is 11.3 Å². The molecule has 0 atom stereocenters. The molecule has 84 valence electrons. The highest BCUT2D eigenvalue weighted by Gasteiger charge is 2.09. The van der Waals surface area contributed by atoms with E-state index in [-0.39, 0.29) is 0 Å². The van der Waals surface area contributed by atoms with Gasteiger partial charge in [-0.15, -0.1) is 0 Å². The number of rotatable bonds is 3. The van der Waals surface area contributed by atoms with Crippen molar-refractivity contribution in [2.75, 3.05) is 19.5 Å². The third kappa shape index (κ3) is 2.04. The van der Waals surface area contributed by atoms with Crippen molar-refractivity contribution in [3.05, 3.63) is 28.7 Å². The molecule has 5 heteroatoms. The van der Waals surface area contributed by atoms with E-state index in [9.17, 15) is 0 Å². The molecule has 0 saturated heterocycles. The van der Waals surface area contributed by atoms with Gasteiger partial charge in [-0.3, -0.25) is 5.10 Å². The number of anilines is 1. The first-order valence-electron chi connectivity index (χ1n) is 4.81. The molecule has 0 saturated carbocycles. The van der Waals surface area contributed by atoms with Gasteiger partial charge in [0.25, 0.3) is 0 Å². The van der Waals surface area contributed by atoms with E-state index in [0.29, 0.717) is 0 Å². The Bertz CT molecular complexity index is 496. The first-order chi connectivity index (χ1) is 7.74. The molecule has 1 aromatic heterocycles. The number of hydrogen-bond acceptors (Lipinski definition) is 3. The van der Waals surface area contributed by atoms with Crippen LogP contribution in [-0.4, -0.2) is 24.4 Å². The zero-order valence-corrected chi connectivity index (χ0v) is 10.6. The summed E-state index contributed by atoms with van der Waals surface area (Å²) in [4.78, 5) is 0. The minimum atomic E-state index is 0.803. The second-order valence-electron chi connectivity index (χ2n) is 3.26. The molecule has 2 N–H and O–H groups in total. The highest BCUT2D eigenvalue weighted by molar-refractivity contribution is 9.10. The second-order valence-corrected chi connectivity index (χ2v) is 4.18. The van der Waals surface area contributed by atoms with Gasteiger partial charge in [0, 0.05) is 23.2 Å². The van der Waals surface area contributed by atoms with E-state index >= 15 is 0 Å². The van der Waals surface area contributed by atoms with Crippen molar-refractivity contribution < 1.29 is 4.74 Å². The summed E-state index contributed by atoms with van der Waals surface area (Å²) in [5, 5.41) is 10.0. The molecule has 1 heterocycles. The summed E-state index contributed by atoms with van der Waals surface area (Å²) in [6.45, 7) is 0. The lowest BCUT2D eigenvalue weighted by atomic mass is 10.1. The van der Waals surface area contributed by atoms with Crippen molar-refractivity contribution in [2.45, 2.75) is 0 Å². The summed E-state index contributed by atoms with van der Waals surface area (Å²) < 4.78 is 6.31. The van der Waals surface area contributed by atoms with Crippen LogP contribution in [0.3, 0.4) is 0 Å². The Morgan fingerprint density at radius 3 is 2.81 bits per heavy atom. The molecule has 0 amide bonds. The molecule has 0 spiro atoms. The van der Waals surface area contributed by atoms with Crippen LogP contribution in [0.15, 0.2) is 28.7 Å². The lowest BCUT2D eigenvalue weighted by Gasteiger charge is -2.06. The summed E-state index contributed by atoms with van der Waals surface area (Å²) in [6.07, 6.45) is 0. The Morgan fingerprint density at radius 2 is 2.19 bits per heavy atom. The van der Waals surface area contributed by atoms with E-state index in [2.05, 4.69) is 31.4 Å². The third-order valence-electron chi connectivity index (χ3n) is 2.29. The third-order valence-corrected chi connectivity index (χ3v) is 2.78. The summed E-state index contributed by atoms with van der Waals surface area (Å²) in [5.41, 5.74) is 1.90. The van der Waals surface area contributed by atoms with Gasteiger partial charge >= 0.3 is 0 Å². The Labute approximate surface area is 102 Å². The molecule has 4 nitrogen and oxygen atoms in total. The maximum Gasteiger partial charge on any atom is 0.148 e. The Kier molecular flexibility index (Phi) is 3.14. The van der Waals surface area contributed by atoms with Gasteiger partial charge in [-0.1, -0.05) is 15.9 Å². The molecule has 16 heavy (non-hydrogen) atoms. The van der Waals surface area contributed by atoms with Gasteiger partial charge in [-0.05, 0) is 18.2 Å². The monoisotopic (exact) mass is 281 g/mol. The number of benzene rings is 1. The van der Waals surface area contributed by atoms with E-state index in [0.717, 1.165) is 27.3 Å². The molecule has 0 aliphatic heterocycles. The zero-order chi connectivity index (χ0) is 11.5. The molecule has 0 aliphatic rings. The minimum Gasteiger partial charge on any atom is -0.496 e. The van der Waals surface area contributed by atoms with Gasteiger partial charge < -0.3 is 10.1 Å². The SMILES string of the molecule is CNc1cc(-c2cc(Br)ccc2OC)[nH]n1. The van der Waals surface area contributed by atoms with Crippen LogP contribution in [0.2, 0.25) is 0 Å². The maximum absolute atomic E-state index is 5.31. The number of nitrogens with one attached hydrogen (secondary N) is 2. The molecule has 0 fully saturated rings. The average Bonchev–Trinajstić information content (AvgIpc) is 2.77. The summed E-state index contributed by atoms with van der Waals surface area (Å²) in [5.74, 6) is 1.62. The van der Waals surface area contributed by atoms with Gasteiger partial charge in [-0.25, -0.2) is 0 Å². The van der Waals surface area contributed by atoms with E-state index in [1.807, 2.05) is 31.3 Å². The lowest BCUT2D eigenvalue weighted by Crippen LogP contribution is -1.88. The van der Waals surface area contributed by atoms with Crippen molar-refractivity contribution in [3.8, 4) is 17.0 Å². The molecule has 2 aromatic rings. The van der Waals surface area contributed by atoms with Gasteiger partial charge in [0.2, 0.25) is 0 Å². The number of aromatic nitrogens is 2. The van der Waals surface area contributed by atoms with Crippen LogP contribution in [0, 0.1) is 0 Å². The lowest BCUT2D eigenvalue weighted by molar-refractivity contribution is 0.416. The zero-order valence-electron chi connectivity index (χ0n) is 9.04. The van der Waals surface area contributed by atoms with Crippen molar-refractivity contribution >= 4 is 21.7 Å². The number of methoxy groups -OCH3 is 1. The van der Waals surface area contributed by atoms with Crippen LogP contribution in [0.5, 0.6) is 5.75 Å². The first kappa shape index (κ1) is 11.0. The largest absolute Gasteiger partial charge is 0.496 e. The number of halogens is 1. The Morgan fingerprint density at radius 1 is 1.38 bits per heavy atom. The first-order valence-corrected chi connectivity index (χ1v) is 5.61. The molecular formula is C11H12BrN3O. The van der Waals surface area contributed by atoms with Gasteiger partial charge in [0.1, 0.15) is 11.6 Å². The average molecular weight is 282 g/mol. The maximum atomic E-state index is 5.31. The smallest absolute Gasteiger partial charge is 0.148 e. The molecule has 2 rings (SSSR count). The summed E-state index contributed by atoms with van der Waals surface area (Å²) in [6, 6.07) is 7.78. The fourth-order valence-electron chi connectivity index (χ4n) is 1.48. The summed E-state index contributed by atoms with van der Waals surface area (Å²) in [7, 11) is 3.49.